The summed E-state index contributed by atoms with van der Waals surface area (Å²) in [5.74, 6) is 0. The number of rotatable bonds is 0. The number of H-pyrrole nitrogens is 1. The summed E-state index contributed by atoms with van der Waals surface area (Å²) in [7, 11) is 0. The largest absolute Gasteiger partial charge is 1.00 e. The van der Waals surface area contributed by atoms with Crippen LogP contribution in [0.1, 0.15) is 0 Å². The first-order valence-electron chi connectivity index (χ1n) is 2.71. The van der Waals surface area contributed by atoms with Gasteiger partial charge in [-0.25, -0.2) is 0 Å². The van der Waals surface area contributed by atoms with Crippen molar-refractivity contribution in [2.75, 3.05) is 0 Å². The van der Waals surface area contributed by atoms with E-state index in [-0.39, 0.29) is 58.8 Å². The van der Waals surface area contributed by atoms with Gasteiger partial charge in [0.1, 0.15) is 5.52 Å². The molecule has 0 atom stereocenters. The molecule has 4 heteroatoms. The van der Waals surface area contributed by atoms with Crippen molar-refractivity contribution in [1.82, 2.24) is 15.2 Å². The predicted octanol–water partition coefficient (Wildman–Crippen LogP) is -1.59. The first-order chi connectivity index (χ1) is 4.47. The summed E-state index contributed by atoms with van der Waals surface area (Å²) in [5.41, 5.74) is 1.90. The zero-order valence-electron chi connectivity index (χ0n) is 6.70. The van der Waals surface area contributed by atoms with Gasteiger partial charge in [0.05, 0.1) is 11.7 Å². The molecule has 2 aromatic rings. The van der Waals surface area contributed by atoms with E-state index in [1.54, 1.807) is 12.4 Å². The van der Waals surface area contributed by atoms with E-state index in [2.05, 4.69) is 15.2 Å². The number of fused-ring (bicyclic) bond motifs is 1. The Kier molecular flexibility index (Phi) is 5.12. The summed E-state index contributed by atoms with van der Waals surface area (Å²) in [6, 6.07) is 3.82. The van der Waals surface area contributed by atoms with E-state index in [0.717, 1.165) is 11.0 Å². The molecule has 52 valence electrons. The third kappa shape index (κ3) is 2.35. The molecule has 0 aromatic carbocycles. The Bertz CT molecular complexity index is 288. The fraction of sp³-hybridized carbons (Fsp3) is 0. The fourth-order valence-corrected chi connectivity index (χ4v) is 0.778. The maximum Gasteiger partial charge on any atom is 1.00 e. The predicted molar refractivity (Wildman–Crippen MR) is 40.3 cm³/mol. The van der Waals surface area contributed by atoms with Gasteiger partial charge in [-0.2, -0.15) is 5.10 Å². The zero-order chi connectivity index (χ0) is 6.10. The zero-order valence-corrected chi connectivity index (χ0v) is 9.83. The number of pyridine rings is 1. The van der Waals surface area contributed by atoms with Crippen LogP contribution in [0.4, 0.5) is 0 Å². The van der Waals surface area contributed by atoms with Gasteiger partial charge in [-0.05, 0) is 12.1 Å². The van der Waals surface area contributed by atoms with Crippen LogP contribution in [0.25, 0.3) is 11.0 Å². The Morgan fingerprint density at radius 2 is 2.18 bits per heavy atom. The quantitative estimate of drug-likeness (QED) is 0.385. The minimum Gasteiger partial charge on any atom is -0.358 e. The van der Waals surface area contributed by atoms with Crippen molar-refractivity contribution in [3.63, 3.8) is 0 Å². The molecule has 0 saturated carbocycles. The Balaban J connectivity index is 0.000000500. The van der Waals surface area contributed by atoms with Gasteiger partial charge >= 0.3 is 51.4 Å². The summed E-state index contributed by atoms with van der Waals surface area (Å²) in [6.45, 7) is 0. The number of nitrogens with zero attached hydrogens (tertiary/aromatic N) is 2. The third-order valence-corrected chi connectivity index (χ3v) is 1.21. The number of nitrogens with one attached hydrogen (secondary N) is 1. The van der Waals surface area contributed by atoms with E-state index in [1.807, 2.05) is 12.1 Å². The molecule has 0 spiro atoms. The van der Waals surface area contributed by atoms with Crippen molar-refractivity contribution in [3.8, 4) is 0 Å². The molecule has 2 rings (SSSR count). The third-order valence-electron chi connectivity index (χ3n) is 1.21. The molecule has 0 amide bonds. The molecule has 0 fully saturated rings. The van der Waals surface area contributed by atoms with Gasteiger partial charge in [-0.1, -0.05) is 0 Å². The molecule has 0 aliphatic heterocycles. The Morgan fingerprint density at radius 1 is 1.36 bits per heavy atom. The molecule has 11 heavy (non-hydrogen) atoms. The molecular weight excluding hydrogens is 165 g/mol. The normalized spacial score (nSPS) is 8.36. The van der Waals surface area contributed by atoms with Gasteiger partial charge in [0.25, 0.3) is 0 Å². The SMILES string of the molecule is [CH3-].[K+].c1cnc2cn[nH]c2c1. The summed E-state index contributed by atoms with van der Waals surface area (Å²) in [5, 5.41) is 6.62. The Hall–Kier alpha value is 0.256. The molecule has 0 aliphatic carbocycles. The van der Waals surface area contributed by atoms with Crippen molar-refractivity contribution < 1.29 is 51.4 Å². The number of hydrogen-bond donors (Lipinski definition) is 1. The summed E-state index contributed by atoms with van der Waals surface area (Å²) in [6.07, 6.45) is 3.45. The molecular formula is C7H8KN3. The fourth-order valence-electron chi connectivity index (χ4n) is 0.778. The number of hydrogen-bond acceptors (Lipinski definition) is 2. The van der Waals surface area contributed by atoms with Crippen LogP contribution >= 0.6 is 0 Å². The Morgan fingerprint density at radius 3 is 2.91 bits per heavy atom. The monoisotopic (exact) mass is 173 g/mol. The topological polar surface area (TPSA) is 41.6 Å². The molecule has 0 saturated heterocycles. The molecule has 0 unspecified atom stereocenters. The van der Waals surface area contributed by atoms with Crippen LogP contribution in [0, 0.1) is 7.43 Å². The molecule has 0 aliphatic rings. The average Bonchev–Trinajstić information content (AvgIpc) is 2.33. The first-order valence-corrected chi connectivity index (χ1v) is 2.71. The smallest absolute Gasteiger partial charge is 0.358 e. The second kappa shape index (κ2) is 5.00. The van der Waals surface area contributed by atoms with E-state index < -0.39 is 0 Å². The van der Waals surface area contributed by atoms with Crippen LogP contribution < -0.4 is 51.4 Å². The molecule has 1 N–H and O–H groups in total. The van der Waals surface area contributed by atoms with E-state index in [4.69, 9.17) is 0 Å². The van der Waals surface area contributed by atoms with Gasteiger partial charge < -0.3 is 7.43 Å². The van der Waals surface area contributed by atoms with Crippen LogP contribution in [-0.4, -0.2) is 15.2 Å². The van der Waals surface area contributed by atoms with E-state index in [1.165, 1.54) is 0 Å². The summed E-state index contributed by atoms with van der Waals surface area (Å²) >= 11 is 0. The second-order valence-corrected chi connectivity index (χ2v) is 1.81. The Labute approximate surface area is 108 Å². The molecule has 3 nitrogen and oxygen atoms in total. The molecule has 0 bridgehead atoms. The van der Waals surface area contributed by atoms with Gasteiger partial charge in [-0.15, -0.1) is 0 Å². The van der Waals surface area contributed by atoms with Crippen LogP contribution in [0.3, 0.4) is 0 Å². The van der Waals surface area contributed by atoms with Gasteiger partial charge in [0, 0.05) is 6.20 Å². The molecule has 2 aromatic heterocycles. The standard InChI is InChI=1S/C6H5N3.CH3.K/c1-2-5-6(7-3-1)4-8-9-5;;/h1-4H,(H,8,9);1H3;/q;-1;+1. The van der Waals surface area contributed by atoms with Crippen molar-refractivity contribution in [2.24, 2.45) is 0 Å². The maximum absolute atomic E-state index is 4.05. The van der Waals surface area contributed by atoms with Crippen LogP contribution in [0.2, 0.25) is 0 Å². The number of aromatic nitrogens is 3. The first kappa shape index (κ1) is 11.3. The van der Waals surface area contributed by atoms with Crippen LogP contribution in [-0.2, 0) is 0 Å². The van der Waals surface area contributed by atoms with Gasteiger partial charge in [-0.3, -0.25) is 10.1 Å². The summed E-state index contributed by atoms with van der Waals surface area (Å²) < 4.78 is 0. The average molecular weight is 173 g/mol. The van der Waals surface area contributed by atoms with E-state index in [0.29, 0.717) is 0 Å². The van der Waals surface area contributed by atoms with E-state index >= 15 is 0 Å². The minimum absolute atomic E-state index is 0. The minimum atomic E-state index is 0. The number of aromatic amines is 1. The van der Waals surface area contributed by atoms with Crippen molar-refractivity contribution in [2.45, 2.75) is 0 Å². The maximum atomic E-state index is 4.05. The van der Waals surface area contributed by atoms with Crippen molar-refractivity contribution in [3.05, 3.63) is 32.0 Å². The van der Waals surface area contributed by atoms with Gasteiger partial charge in [0.15, 0.2) is 0 Å². The van der Waals surface area contributed by atoms with Crippen molar-refractivity contribution >= 4 is 11.0 Å². The summed E-state index contributed by atoms with van der Waals surface area (Å²) in [4.78, 5) is 4.05. The van der Waals surface area contributed by atoms with Crippen LogP contribution in [0.5, 0.6) is 0 Å². The van der Waals surface area contributed by atoms with E-state index in [9.17, 15) is 0 Å². The van der Waals surface area contributed by atoms with Crippen molar-refractivity contribution in [1.29, 1.82) is 0 Å². The molecule has 2 heterocycles. The van der Waals surface area contributed by atoms with Crippen LogP contribution in [0.15, 0.2) is 24.5 Å². The van der Waals surface area contributed by atoms with Gasteiger partial charge in [0.2, 0.25) is 0 Å². The second-order valence-electron chi connectivity index (χ2n) is 1.81. The molecule has 0 radical (unpaired) electrons.